The van der Waals surface area contributed by atoms with Crippen molar-refractivity contribution < 1.29 is 9.53 Å². The van der Waals surface area contributed by atoms with Crippen molar-refractivity contribution >= 4 is 23.2 Å². The first-order valence-electron chi connectivity index (χ1n) is 10.8. The fourth-order valence-corrected chi connectivity index (χ4v) is 4.51. The second-order valence-electron chi connectivity index (χ2n) is 8.90. The lowest BCUT2D eigenvalue weighted by atomic mass is 9.73. The van der Waals surface area contributed by atoms with Crippen LogP contribution in [-0.4, -0.2) is 25.1 Å². The molecule has 2 N–H and O–H groups in total. The molecule has 0 aromatic heterocycles. The van der Waals surface area contributed by atoms with Crippen molar-refractivity contribution in [2.24, 2.45) is 11.8 Å². The number of nitrogens with one attached hydrogen (secondary N) is 2. The monoisotopic (exact) mass is 428 g/mol. The van der Waals surface area contributed by atoms with Crippen LogP contribution in [0.25, 0.3) is 0 Å². The van der Waals surface area contributed by atoms with Gasteiger partial charge in [0.15, 0.2) is 0 Å². The maximum absolute atomic E-state index is 12.3. The van der Waals surface area contributed by atoms with Crippen LogP contribution in [0.3, 0.4) is 0 Å². The van der Waals surface area contributed by atoms with Crippen molar-refractivity contribution in [2.45, 2.75) is 51.5 Å². The molecule has 1 aliphatic rings. The van der Waals surface area contributed by atoms with Gasteiger partial charge in [-0.15, -0.1) is 0 Å². The zero-order valence-electron chi connectivity index (χ0n) is 18.2. The van der Waals surface area contributed by atoms with E-state index in [0.717, 1.165) is 41.4 Å². The van der Waals surface area contributed by atoms with Gasteiger partial charge in [-0.25, -0.2) is 0 Å². The number of amides is 1. The molecule has 0 bridgehead atoms. The van der Waals surface area contributed by atoms with Crippen LogP contribution in [0.4, 0.5) is 5.69 Å². The van der Waals surface area contributed by atoms with Crippen LogP contribution in [0.2, 0.25) is 5.02 Å². The van der Waals surface area contributed by atoms with Gasteiger partial charge in [0.1, 0.15) is 5.75 Å². The number of hydrogen-bond acceptors (Lipinski definition) is 3. The van der Waals surface area contributed by atoms with Gasteiger partial charge < -0.3 is 15.4 Å². The zero-order valence-corrected chi connectivity index (χ0v) is 19.0. The third-order valence-electron chi connectivity index (χ3n) is 6.26. The average molecular weight is 429 g/mol. The molecule has 5 heteroatoms. The molecule has 4 nitrogen and oxygen atoms in total. The highest BCUT2D eigenvalue weighted by atomic mass is 35.5. The summed E-state index contributed by atoms with van der Waals surface area (Å²) < 4.78 is 5.23. The van der Waals surface area contributed by atoms with Crippen molar-refractivity contribution in [3.05, 3.63) is 59.1 Å². The van der Waals surface area contributed by atoms with E-state index in [1.807, 2.05) is 48.5 Å². The lowest BCUT2D eigenvalue weighted by Gasteiger charge is -2.40. The predicted molar refractivity (Wildman–Crippen MR) is 124 cm³/mol. The molecule has 2 aromatic rings. The standard InChI is InChI=1S/C25H33ClN2O2/c1-25(2,28-22-13-11-21(26)12-14-22)20-9-7-18(8-10-20)17-27-24(29)16-19-5-4-6-23(15-19)30-3/h4-6,11-15,18,20,28H,7-10,16-17H2,1-3H3,(H,27,29). The quantitative estimate of drug-likeness (QED) is 0.566. The molecule has 1 aliphatic carbocycles. The Morgan fingerprint density at radius 3 is 2.47 bits per heavy atom. The Balaban J connectivity index is 1.42. The van der Waals surface area contributed by atoms with Gasteiger partial charge in [-0.2, -0.15) is 0 Å². The molecule has 0 aliphatic heterocycles. The Morgan fingerprint density at radius 1 is 1.10 bits per heavy atom. The summed E-state index contributed by atoms with van der Waals surface area (Å²) in [6.07, 6.45) is 5.03. The predicted octanol–water partition coefficient (Wildman–Crippen LogP) is 5.70. The lowest BCUT2D eigenvalue weighted by molar-refractivity contribution is -0.120. The Kier molecular flexibility index (Phi) is 7.65. The first-order valence-corrected chi connectivity index (χ1v) is 11.2. The van der Waals surface area contributed by atoms with E-state index >= 15 is 0 Å². The summed E-state index contributed by atoms with van der Waals surface area (Å²) in [6.45, 7) is 5.32. The van der Waals surface area contributed by atoms with Gasteiger partial charge in [-0.05, 0) is 93.3 Å². The number of hydrogen-bond donors (Lipinski definition) is 2. The van der Waals surface area contributed by atoms with Crippen LogP contribution in [-0.2, 0) is 11.2 Å². The summed E-state index contributed by atoms with van der Waals surface area (Å²) in [7, 11) is 1.64. The Hall–Kier alpha value is -2.20. The van der Waals surface area contributed by atoms with Gasteiger partial charge in [0.05, 0.1) is 13.5 Å². The van der Waals surface area contributed by atoms with Crippen molar-refractivity contribution in [3.63, 3.8) is 0 Å². The topological polar surface area (TPSA) is 50.4 Å². The van der Waals surface area contributed by atoms with Gasteiger partial charge >= 0.3 is 0 Å². The van der Waals surface area contributed by atoms with E-state index in [0.29, 0.717) is 18.3 Å². The van der Waals surface area contributed by atoms with E-state index in [1.54, 1.807) is 7.11 Å². The van der Waals surface area contributed by atoms with Crippen molar-refractivity contribution in [1.82, 2.24) is 5.32 Å². The Bertz CT molecular complexity index is 827. The summed E-state index contributed by atoms with van der Waals surface area (Å²) >= 11 is 6.00. The highest BCUT2D eigenvalue weighted by Gasteiger charge is 2.33. The average Bonchev–Trinajstić information content (AvgIpc) is 2.74. The fraction of sp³-hybridized carbons (Fsp3) is 0.480. The van der Waals surface area contributed by atoms with Gasteiger partial charge in [0.2, 0.25) is 5.91 Å². The first kappa shape index (κ1) is 22.5. The van der Waals surface area contributed by atoms with E-state index in [4.69, 9.17) is 16.3 Å². The molecular formula is C25H33ClN2O2. The second kappa shape index (κ2) is 10.2. The van der Waals surface area contributed by atoms with Gasteiger partial charge in [0.25, 0.3) is 0 Å². The number of carbonyl (C=O) groups is 1. The lowest BCUT2D eigenvalue weighted by Crippen LogP contribution is -2.42. The molecule has 0 unspecified atom stereocenters. The number of ether oxygens (including phenoxy) is 1. The number of rotatable bonds is 8. The fourth-order valence-electron chi connectivity index (χ4n) is 4.38. The van der Waals surface area contributed by atoms with Crippen LogP contribution < -0.4 is 15.4 Å². The molecule has 0 atom stereocenters. The molecule has 0 radical (unpaired) electrons. The molecule has 1 saturated carbocycles. The summed E-state index contributed by atoms with van der Waals surface area (Å²) in [5.41, 5.74) is 2.11. The van der Waals surface area contributed by atoms with Crippen molar-refractivity contribution in [3.8, 4) is 5.75 Å². The molecular weight excluding hydrogens is 396 g/mol. The molecule has 3 rings (SSSR count). The van der Waals surface area contributed by atoms with Crippen LogP contribution in [0.5, 0.6) is 5.75 Å². The second-order valence-corrected chi connectivity index (χ2v) is 9.34. The molecule has 1 amide bonds. The minimum atomic E-state index is 0.0222. The smallest absolute Gasteiger partial charge is 0.224 e. The number of halogens is 1. The summed E-state index contributed by atoms with van der Waals surface area (Å²) in [6, 6.07) is 15.6. The van der Waals surface area contributed by atoms with E-state index < -0.39 is 0 Å². The SMILES string of the molecule is COc1cccc(CC(=O)NCC2CCC(C(C)(C)Nc3ccc(Cl)cc3)CC2)c1. The summed E-state index contributed by atoms with van der Waals surface area (Å²) in [4.78, 5) is 12.3. The maximum Gasteiger partial charge on any atom is 0.224 e. The largest absolute Gasteiger partial charge is 0.497 e. The van der Waals surface area contributed by atoms with E-state index in [1.165, 1.54) is 12.8 Å². The van der Waals surface area contributed by atoms with E-state index in [2.05, 4.69) is 24.5 Å². The molecule has 0 heterocycles. The third-order valence-corrected chi connectivity index (χ3v) is 6.52. The van der Waals surface area contributed by atoms with Crippen LogP contribution >= 0.6 is 11.6 Å². The van der Waals surface area contributed by atoms with Gasteiger partial charge in [-0.1, -0.05) is 23.7 Å². The minimum absolute atomic E-state index is 0.0222. The normalized spacial score (nSPS) is 19.2. The molecule has 30 heavy (non-hydrogen) atoms. The molecule has 0 saturated heterocycles. The summed E-state index contributed by atoms with van der Waals surface area (Å²) in [5.74, 6) is 2.03. The van der Waals surface area contributed by atoms with E-state index in [-0.39, 0.29) is 11.4 Å². The van der Waals surface area contributed by atoms with E-state index in [9.17, 15) is 4.79 Å². The maximum atomic E-state index is 12.3. The number of anilines is 1. The number of benzene rings is 2. The highest BCUT2D eigenvalue weighted by Crippen LogP contribution is 2.37. The van der Waals surface area contributed by atoms with Crippen molar-refractivity contribution in [1.29, 1.82) is 0 Å². The summed E-state index contributed by atoms with van der Waals surface area (Å²) in [5, 5.41) is 7.56. The highest BCUT2D eigenvalue weighted by molar-refractivity contribution is 6.30. The van der Waals surface area contributed by atoms with Crippen LogP contribution in [0, 0.1) is 11.8 Å². The first-order chi connectivity index (χ1) is 14.4. The molecule has 2 aromatic carbocycles. The molecule has 0 spiro atoms. The van der Waals surface area contributed by atoms with Crippen molar-refractivity contribution in [2.75, 3.05) is 19.0 Å². The molecule has 162 valence electrons. The Labute approximate surface area is 185 Å². The van der Waals surface area contributed by atoms with Gasteiger partial charge in [0, 0.05) is 22.8 Å². The van der Waals surface area contributed by atoms with Gasteiger partial charge in [-0.3, -0.25) is 4.79 Å². The number of carbonyl (C=O) groups excluding carboxylic acids is 1. The minimum Gasteiger partial charge on any atom is -0.497 e. The number of methoxy groups -OCH3 is 1. The molecule has 1 fully saturated rings. The zero-order chi connectivity index (χ0) is 21.6. The van der Waals surface area contributed by atoms with Crippen LogP contribution in [0.1, 0.15) is 45.1 Å². The Morgan fingerprint density at radius 2 is 1.80 bits per heavy atom. The third kappa shape index (κ3) is 6.40. The van der Waals surface area contributed by atoms with Crippen LogP contribution in [0.15, 0.2) is 48.5 Å².